The van der Waals surface area contributed by atoms with E-state index >= 15 is 0 Å². The zero-order chi connectivity index (χ0) is 18.8. The number of aromatic nitrogens is 6. The van der Waals surface area contributed by atoms with E-state index in [-0.39, 0.29) is 5.92 Å². The molecule has 1 fully saturated rings. The maximum absolute atomic E-state index is 5.35. The highest BCUT2D eigenvalue weighted by Gasteiger charge is 2.21. The zero-order valence-corrected chi connectivity index (χ0v) is 15.9. The van der Waals surface area contributed by atoms with E-state index in [2.05, 4.69) is 49.1 Å². The summed E-state index contributed by atoms with van der Waals surface area (Å²) in [5.41, 5.74) is 0.957. The van der Waals surface area contributed by atoms with E-state index < -0.39 is 0 Å². The van der Waals surface area contributed by atoms with Gasteiger partial charge in [0.15, 0.2) is 17.5 Å². The minimum atomic E-state index is 0.284. The summed E-state index contributed by atoms with van der Waals surface area (Å²) in [6.07, 6.45) is 1.89. The SMILES string of the molecule is Cc1ccn(-c2ccc(N3CCN(Cc4nc(C(C)C)no4)CC3)nn2)n1. The van der Waals surface area contributed by atoms with Crippen molar-refractivity contribution in [2.75, 3.05) is 31.1 Å². The van der Waals surface area contributed by atoms with E-state index in [0.29, 0.717) is 12.4 Å². The van der Waals surface area contributed by atoms with Gasteiger partial charge >= 0.3 is 0 Å². The van der Waals surface area contributed by atoms with Crippen LogP contribution < -0.4 is 4.90 Å². The van der Waals surface area contributed by atoms with Crippen LogP contribution in [-0.2, 0) is 6.54 Å². The van der Waals surface area contributed by atoms with Gasteiger partial charge in [0.05, 0.1) is 12.2 Å². The Labute approximate surface area is 158 Å². The molecule has 4 rings (SSSR count). The predicted molar refractivity (Wildman–Crippen MR) is 99.8 cm³/mol. The summed E-state index contributed by atoms with van der Waals surface area (Å²) >= 11 is 0. The molecule has 0 saturated carbocycles. The molecule has 0 bridgehead atoms. The summed E-state index contributed by atoms with van der Waals surface area (Å²) in [7, 11) is 0. The molecule has 27 heavy (non-hydrogen) atoms. The van der Waals surface area contributed by atoms with Crippen molar-refractivity contribution in [3.05, 3.63) is 41.8 Å². The van der Waals surface area contributed by atoms with Crippen LogP contribution in [0.2, 0.25) is 0 Å². The Morgan fingerprint density at radius 3 is 2.37 bits per heavy atom. The number of hydrogen-bond acceptors (Lipinski definition) is 8. The third-order valence-electron chi connectivity index (χ3n) is 4.65. The summed E-state index contributed by atoms with van der Waals surface area (Å²) in [6.45, 7) is 10.4. The van der Waals surface area contributed by atoms with Crippen LogP contribution in [0.5, 0.6) is 0 Å². The van der Waals surface area contributed by atoms with Gasteiger partial charge in [-0.05, 0) is 25.1 Å². The topological polar surface area (TPSA) is 89.0 Å². The molecule has 0 unspecified atom stereocenters. The molecule has 4 heterocycles. The molecule has 1 aliphatic rings. The lowest BCUT2D eigenvalue weighted by Crippen LogP contribution is -2.46. The molecule has 0 radical (unpaired) electrons. The smallest absolute Gasteiger partial charge is 0.240 e. The van der Waals surface area contributed by atoms with Crippen LogP contribution in [0, 0.1) is 6.92 Å². The van der Waals surface area contributed by atoms with E-state index in [1.54, 1.807) is 4.68 Å². The second kappa shape index (κ2) is 7.43. The Balaban J connectivity index is 1.33. The van der Waals surface area contributed by atoms with Crippen molar-refractivity contribution in [3.8, 4) is 5.82 Å². The molecular formula is C18H24N8O. The molecule has 9 heteroatoms. The van der Waals surface area contributed by atoms with Crippen LogP contribution in [0.15, 0.2) is 28.9 Å². The van der Waals surface area contributed by atoms with E-state index in [1.165, 1.54) is 0 Å². The normalized spacial score (nSPS) is 15.6. The minimum absolute atomic E-state index is 0.284. The first-order valence-corrected chi connectivity index (χ1v) is 9.24. The van der Waals surface area contributed by atoms with Gasteiger partial charge in [-0.3, -0.25) is 4.90 Å². The molecule has 1 saturated heterocycles. The monoisotopic (exact) mass is 368 g/mol. The van der Waals surface area contributed by atoms with Crippen molar-refractivity contribution in [2.45, 2.75) is 33.2 Å². The van der Waals surface area contributed by atoms with Gasteiger partial charge in [0, 0.05) is 38.3 Å². The van der Waals surface area contributed by atoms with Gasteiger partial charge in [0.1, 0.15) is 0 Å². The van der Waals surface area contributed by atoms with Crippen molar-refractivity contribution in [1.82, 2.24) is 35.0 Å². The Morgan fingerprint density at radius 1 is 1.04 bits per heavy atom. The number of aryl methyl sites for hydroxylation is 1. The lowest BCUT2D eigenvalue weighted by Gasteiger charge is -2.34. The molecule has 0 amide bonds. The number of rotatable bonds is 5. The highest BCUT2D eigenvalue weighted by molar-refractivity contribution is 5.40. The van der Waals surface area contributed by atoms with Gasteiger partial charge in [0.25, 0.3) is 0 Å². The number of nitrogens with zero attached hydrogens (tertiary/aromatic N) is 8. The summed E-state index contributed by atoms with van der Waals surface area (Å²) in [5.74, 6) is 3.36. The summed E-state index contributed by atoms with van der Waals surface area (Å²) < 4.78 is 7.09. The summed E-state index contributed by atoms with van der Waals surface area (Å²) in [6, 6.07) is 5.90. The van der Waals surface area contributed by atoms with Crippen molar-refractivity contribution in [1.29, 1.82) is 0 Å². The Morgan fingerprint density at radius 2 is 1.78 bits per heavy atom. The molecule has 0 spiro atoms. The average Bonchev–Trinajstić information content (AvgIpc) is 3.32. The number of hydrogen-bond donors (Lipinski definition) is 0. The highest BCUT2D eigenvalue weighted by Crippen LogP contribution is 2.16. The van der Waals surface area contributed by atoms with Crippen molar-refractivity contribution in [3.63, 3.8) is 0 Å². The first-order valence-electron chi connectivity index (χ1n) is 9.24. The van der Waals surface area contributed by atoms with Crippen LogP contribution in [0.25, 0.3) is 5.82 Å². The van der Waals surface area contributed by atoms with E-state index in [1.807, 2.05) is 31.3 Å². The van der Waals surface area contributed by atoms with Gasteiger partial charge in [0.2, 0.25) is 5.89 Å². The number of anilines is 1. The predicted octanol–water partition coefficient (Wildman–Crippen LogP) is 1.80. The molecule has 1 aliphatic heterocycles. The summed E-state index contributed by atoms with van der Waals surface area (Å²) in [5, 5.41) is 17.1. The van der Waals surface area contributed by atoms with Crippen molar-refractivity contribution < 1.29 is 4.52 Å². The fourth-order valence-corrected chi connectivity index (χ4v) is 3.04. The van der Waals surface area contributed by atoms with Crippen molar-refractivity contribution >= 4 is 5.82 Å². The maximum atomic E-state index is 5.35. The van der Waals surface area contributed by atoms with Crippen LogP contribution >= 0.6 is 0 Å². The molecular weight excluding hydrogens is 344 g/mol. The quantitative estimate of drug-likeness (QED) is 0.673. The summed E-state index contributed by atoms with van der Waals surface area (Å²) in [4.78, 5) is 9.02. The fraction of sp³-hybridized carbons (Fsp3) is 0.500. The fourth-order valence-electron chi connectivity index (χ4n) is 3.04. The first-order chi connectivity index (χ1) is 13.1. The van der Waals surface area contributed by atoms with Crippen LogP contribution in [0.3, 0.4) is 0 Å². The molecule has 3 aromatic heterocycles. The van der Waals surface area contributed by atoms with Gasteiger partial charge in [-0.1, -0.05) is 19.0 Å². The zero-order valence-electron chi connectivity index (χ0n) is 15.9. The Kier molecular flexibility index (Phi) is 4.85. The van der Waals surface area contributed by atoms with E-state index in [4.69, 9.17) is 4.52 Å². The Hall–Kier alpha value is -2.81. The maximum Gasteiger partial charge on any atom is 0.240 e. The third-order valence-corrected chi connectivity index (χ3v) is 4.65. The molecule has 3 aromatic rings. The van der Waals surface area contributed by atoms with Gasteiger partial charge in [-0.15, -0.1) is 10.2 Å². The molecule has 0 atom stereocenters. The lowest BCUT2D eigenvalue weighted by atomic mass is 10.2. The second-order valence-corrected chi connectivity index (χ2v) is 7.12. The molecule has 0 aliphatic carbocycles. The largest absolute Gasteiger partial charge is 0.353 e. The Bertz CT molecular complexity index is 877. The lowest BCUT2D eigenvalue weighted by molar-refractivity contribution is 0.215. The van der Waals surface area contributed by atoms with Gasteiger partial charge in [-0.2, -0.15) is 10.1 Å². The molecule has 0 aromatic carbocycles. The number of piperazine rings is 1. The van der Waals surface area contributed by atoms with Crippen LogP contribution in [0.1, 0.15) is 37.2 Å². The molecule has 142 valence electrons. The third kappa shape index (κ3) is 3.97. The standard InChI is InChI=1S/C18H24N8O/c1-13(2)18-19-17(27-23-18)12-24-8-10-25(11-9-24)15-4-5-16(21-20-15)26-7-6-14(3)22-26/h4-7,13H,8-12H2,1-3H3. The highest BCUT2D eigenvalue weighted by atomic mass is 16.5. The molecule has 9 nitrogen and oxygen atoms in total. The van der Waals surface area contributed by atoms with Crippen LogP contribution in [-0.4, -0.2) is 61.2 Å². The van der Waals surface area contributed by atoms with E-state index in [9.17, 15) is 0 Å². The van der Waals surface area contributed by atoms with Crippen LogP contribution in [0.4, 0.5) is 5.82 Å². The second-order valence-electron chi connectivity index (χ2n) is 7.12. The average molecular weight is 368 g/mol. The first kappa shape index (κ1) is 17.6. The van der Waals surface area contributed by atoms with Gasteiger partial charge in [-0.25, -0.2) is 4.68 Å². The van der Waals surface area contributed by atoms with Crippen molar-refractivity contribution in [2.24, 2.45) is 0 Å². The minimum Gasteiger partial charge on any atom is -0.353 e. The molecule has 0 N–H and O–H groups in total. The van der Waals surface area contributed by atoms with Gasteiger partial charge < -0.3 is 9.42 Å². The van der Waals surface area contributed by atoms with E-state index in [0.717, 1.165) is 49.3 Å².